The molecule has 0 saturated carbocycles. The summed E-state index contributed by atoms with van der Waals surface area (Å²) in [5.74, 6) is -1.57. The molecule has 0 aromatic heterocycles. The second-order valence-corrected chi connectivity index (χ2v) is 8.28. The zero-order valence-corrected chi connectivity index (χ0v) is 18.6. The molecule has 2 fully saturated rings. The molecule has 1 unspecified atom stereocenters. The van der Waals surface area contributed by atoms with Crippen LogP contribution >= 0.6 is 0 Å². The SMILES string of the molecule is COC(=O)c1ccc(N2CCCC2)c(NC(=O)CN2C(=O)NC(C)(c3ccccc3)C2=O)c1. The first-order chi connectivity index (χ1) is 15.8. The Labute approximate surface area is 191 Å². The van der Waals surface area contributed by atoms with Crippen molar-refractivity contribution in [2.75, 3.05) is 37.0 Å². The Morgan fingerprint density at radius 3 is 2.45 bits per heavy atom. The molecule has 2 saturated heterocycles. The lowest BCUT2D eigenvalue weighted by Crippen LogP contribution is -2.42. The summed E-state index contributed by atoms with van der Waals surface area (Å²) < 4.78 is 4.79. The maximum Gasteiger partial charge on any atom is 0.337 e. The van der Waals surface area contributed by atoms with Crippen LogP contribution in [0.15, 0.2) is 48.5 Å². The maximum absolute atomic E-state index is 13.1. The molecule has 9 nitrogen and oxygen atoms in total. The summed E-state index contributed by atoms with van der Waals surface area (Å²) in [5.41, 5.74) is 0.891. The molecule has 4 rings (SSSR count). The van der Waals surface area contributed by atoms with E-state index in [0.29, 0.717) is 16.8 Å². The predicted molar refractivity (Wildman–Crippen MR) is 122 cm³/mol. The van der Waals surface area contributed by atoms with E-state index in [1.165, 1.54) is 7.11 Å². The van der Waals surface area contributed by atoms with E-state index >= 15 is 0 Å². The van der Waals surface area contributed by atoms with Gasteiger partial charge in [-0.05, 0) is 43.5 Å². The number of urea groups is 1. The Hall–Kier alpha value is -3.88. The quantitative estimate of drug-likeness (QED) is 0.517. The summed E-state index contributed by atoms with van der Waals surface area (Å²) in [6.45, 7) is 2.84. The molecule has 2 aromatic carbocycles. The Morgan fingerprint density at radius 2 is 1.79 bits per heavy atom. The van der Waals surface area contributed by atoms with Crippen LogP contribution in [0.2, 0.25) is 0 Å². The maximum atomic E-state index is 13.1. The standard InChI is InChI=1S/C24H26N4O5/c1-24(17-8-4-3-5-9-17)22(31)28(23(32)26-24)15-20(29)25-18-14-16(21(30)33-2)10-11-19(18)27-12-6-7-13-27/h3-5,8-11,14H,6-7,12-13,15H2,1-2H3,(H,25,29)(H,26,32). The molecule has 2 heterocycles. The fourth-order valence-corrected chi connectivity index (χ4v) is 4.26. The molecule has 0 aliphatic carbocycles. The third kappa shape index (κ3) is 4.26. The average Bonchev–Trinajstić information content (AvgIpc) is 3.43. The molecule has 33 heavy (non-hydrogen) atoms. The van der Waals surface area contributed by atoms with E-state index in [9.17, 15) is 19.2 Å². The number of hydrogen-bond donors (Lipinski definition) is 2. The van der Waals surface area contributed by atoms with Gasteiger partial charge in [-0.25, -0.2) is 9.59 Å². The molecule has 1 atom stereocenters. The number of anilines is 2. The zero-order valence-electron chi connectivity index (χ0n) is 18.6. The van der Waals surface area contributed by atoms with Crippen molar-refractivity contribution < 1.29 is 23.9 Å². The number of rotatable bonds is 6. The molecule has 172 valence electrons. The number of carbonyl (C=O) groups is 4. The summed E-state index contributed by atoms with van der Waals surface area (Å²) in [4.78, 5) is 53.6. The Bertz CT molecular complexity index is 1100. The van der Waals surface area contributed by atoms with E-state index in [-0.39, 0.29) is 0 Å². The van der Waals surface area contributed by atoms with Gasteiger partial charge >= 0.3 is 12.0 Å². The van der Waals surface area contributed by atoms with Crippen LogP contribution in [0.1, 0.15) is 35.7 Å². The highest BCUT2D eigenvalue weighted by Crippen LogP contribution is 2.31. The number of esters is 1. The number of methoxy groups -OCH3 is 1. The van der Waals surface area contributed by atoms with Crippen LogP contribution in [0.3, 0.4) is 0 Å². The largest absolute Gasteiger partial charge is 0.465 e. The van der Waals surface area contributed by atoms with Crippen LogP contribution in [0.25, 0.3) is 0 Å². The number of ether oxygens (including phenoxy) is 1. The van der Waals surface area contributed by atoms with Crippen LogP contribution in [0.4, 0.5) is 16.2 Å². The fourth-order valence-electron chi connectivity index (χ4n) is 4.26. The highest BCUT2D eigenvalue weighted by atomic mass is 16.5. The highest BCUT2D eigenvalue weighted by Gasteiger charge is 2.49. The molecule has 0 bridgehead atoms. The second-order valence-electron chi connectivity index (χ2n) is 8.28. The molecular weight excluding hydrogens is 424 g/mol. The van der Waals surface area contributed by atoms with E-state index in [2.05, 4.69) is 15.5 Å². The van der Waals surface area contributed by atoms with Gasteiger partial charge in [0.25, 0.3) is 5.91 Å². The monoisotopic (exact) mass is 450 g/mol. The number of benzene rings is 2. The Kier molecular flexibility index (Phi) is 6.04. The summed E-state index contributed by atoms with van der Waals surface area (Å²) in [7, 11) is 1.29. The van der Waals surface area contributed by atoms with E-state index < -0.39 is 35.9 Å². The van der Waals surface area contributed by atoms with Crippen LogP contribution < -0.4 is 15.5 Å². The minimum absolute atomic E-state index is 0.294. The average molecular weight is 450 g/mol. The Morgan fingerprint density at radius 1 is 1.09 bits per heavy atom. The normalized spacial score (nSPS) is 20.1. The number of hydrogen-bond acceptors (Lipinski definition) is 6. The molecule has 2 aliphatic heterocycles. The first-order valence-corrected chi connectivity index (χ1v) is 10.8. The van der Waals surface area contributed by atoms with E-state index in [4.69, 9.17) is 4.74 Å². The van der Waals surface area contributed by atoms with Gasteiger partial charge in [-0.3, -0.25) is 14.5 Å². The zero-order chi connectivity index (χ0) is 23.6. The van der Waals surface area contributed by atoms with Gasteiger partial charge in [0.15, 0.2) is 0 Å². The van der Waals surface area contributed by atoms with Crippen molar-refractivity contribution in [3.05, 3.63) is 59.7 Å². The van der Waals surface area contributed by atoms with Gasteiger partial charge in [0, 0.05) is 13.1 Å². The third-order valence-corrected chi connectivity index (χ3v) is 6.07. The number of imide groups is 1. The topological polar surface area (TPSA) is 108 Å². The van der Waals surface area contributed by atoms with Crippen molar-refractivity contribution in [3.63, 3.8) is 0 Å². The summed E-state index contributed by atoms with van der Waals surface area (Å²) in [6.07, 6.45) is 2.07. The van der Waals surface area contributed by atoms with Crippen LogP contribution in [-0.4, -0.2) is 55.5 Å². The fraction of sp³-hybridized carbons (Fsp3) is 0.333. The van der Waals surface area contributed by atoms with Crippen molar-refractivity contribution >= 4 is 35.2 Å². The van der Waals surface area contributed by atoms with Gasteiger partial charge in [0.05, 0.1) is 24.0 Å². The summed E-state index contributed by atoms with van der Waals surface area (Å²) in [5, 5.41) is 5.47. The van der Waals surface area contributed by atoms with Gasteiger partial charge in [-0.15, -0.1) is 0 Å². The van der Waals surface area contributed by atoms with Crippen molar-refractivity contribution in [2.45, 2.75) is 25.3 Å². The lowest BCUT2D eigenvalue weighted by molar-refractivity contribution is -0.133. The van der Waals surface area contributed by atoms with E-state index in [0.717, 1.165) is 36.5 Å². The molecular formula is C24H26N4O5. The lowest BCUT2D eigenvalue weighted by atomic mass is 9.92. The second kappa shape index (κ2) is 8.93. The molecule has 2 aliphatic rings. The minimum Gasteiger partial charge on any atom is -0.465 e. The minimum atomic E-state index is -1.25. The first-order valence-electron chi connectivity index (χ1n) is 10.8. The summed E-state index contributed by atoms with van der Waals surface area (Å²) in [6, 6.07) is 13.2. The molecule has 2 aromatic rings. The number of nitrogens with zero attached hydrogens (tertiary/aromatic N) is 2. The molecule has 9 heteroatoms. The van der Waals surface area contributed by atoms with Gasteiger partial charge in [-0.2, -0.15) is 0 Å². The number of carbonyl (C=O) groups excluding carboxylic acids is 4. The highest BCUT2D eigenvalue weighted by molar-refractivity contribution is 6.10. The van der Waals surface area contributed by atoms with Crippen LogP contribution in [0, 0.1) is 0 Å². The number of amides is 4. The number of nitrogens with one attached hydrogen (secondary N) is 2. The van der Waals surface area contributed by atoms with Crippen molar-refractivity contribution in [2.24, 2.45) is 0 Å². The van der Waals surface area contributed by atoms with Crippen LogP contribution in [-0.2, 0) is 19.9 Å². The lowest BCUT2D eigenvalue weighted by Gasteiger charge is -2.23. The van der Waals surface area contributed by atoms with Crippen molar-refractivity contribution in [1.82, 2.24) is 10.2 Å². The molecule has 2 N–H and O–H groups in total. The van der Waals surface area contributed by atoms with E-state index in [1.54, 1.807) is 49.4 Å². The van der Waals surface area contributed by atoms with Gasteiger partial charge in [-0.1, -0.05) is 30.3 Å². The van der Waals surface area contributed by atoms with Crippen molar-refractivity contribution in [1.29, 1.82) is 0 Å². The van der Waals surface area contributed by atoms with Crippen LogP contribution in [0.5, 0.6) is 0 Å². The summed E-state index contributed by atoms with van der Waals surface area (Å²) >= 11 is 0. The van der Waals surface area contributed by atoms with Crippen molar-refractivity contribution in [3.8, 4) is 0 Å². The smallest absolute Gasteiger partial charge is 0.337 e. The van der Waals surface area contributed by atoms with Gasteiger partial charge < -0.3 is 20.3 Å². The molecule has 0 radical (unpaired) electrons. The first kappa shape index (κ1) is 22.3. The Balaban J connectivity index is 1.54. The molecule has 0 spiro atoms. The third-order valence-electron chi connectivity index (χ3n) is 6.07. The van der Waals surface area contributed by atoms with E-state index in [1.807, 2.05) is 6.07 Å². The predicted octanol–water partition coefficient (Wildman–Crippen LogP) is 2.48. The molecule has 4 amide bonds. The van der Waals surface area contributed by atoms with Gasteiger partial charge in [0.2, 0.25) is 5.91 Å². The van der Waals surface area contributed by atoms with Gasteiger partial charge in [0.1, 0.15) is 12.1 Å².